The average Bonchev–Trinajstić information content (AvgIpc) is 2.69. The maximum absolute atomic E-state index is 13.2. The van der Waals surface area contributed by atoms with Crippen LogP contribution in [0.25, 0.3) is 0 Å². The second-order valence-corrected chi connectivity index (χ2v) is 4.58. The topological polar surface area (TPSA) is 56.8 Å². The van der Waals surface area contributed by atoms with E-state index in [1.807, 2.05) is 6.92 Å². The van der Waals surface area contributed by atoms with Crippen LogP contribution in [0.5, 0.6) is 5.75 Å². The zero-order chi connectivity index (χ0) is 13.1. The molecule has 1 aromatic rings. The van der Waals surface area contributed by atoms with Crippen LogP contribution in [0.15, 0.2) is 23.2 Å². The Morgan fingerprint density at radius 3 is 3.06 bits per heavy atom. The van der Waals surface area contributed by atoms with Crippen molar-refractivity contribution in [3.8, 4) is 5.75 Å². The van der Waals surface area contributed by atoms with E-state index in [0.717, 1.165) is 0 Å². The Morgan fingerprint density at radius 2 is 2.44 bits per heavy atom. The minimum absolute atomic E-state index is 0.00264. The number of benzene rings is 1. The summed E-state index contributed by atoms with van der Waals surface area (Å²) in [4.78, 5) is 4.10. The predicted molar refractivity (Wildman–Crippen MR) is 67.5 cm³/mol. The van der Waals surface area contributed by atoms with Crippen molar-refractivity contribution in [2.45, 2.75) is 25.5 Å². The summed E-state index contributed by atoms with van der Waals surface area (Å²) in [6, 6.07) is 4.57. The van der Waals surface area contributed by atoms with E-state index in [1.54, 1.807) is 6.07 Å². The van der Waals surface area contributed by atoms with E-state index in [1.165, 1.54) is 12.1 Å². The minimum Gasteiger partial charge on any atom is -0.491 e. The van der Waals surface area contributed by atoms with Crippen LogP contribution in [-0.4, -0.2) is 24.8 Å². The predicted octanol–water partition coefficient (Wildman–Crippen LogP) is 2.35. The fourth-order valence-corrected chi connectivity index (χ4v) is 1.89. The van der Waals surface area contributed by atoms with Crippen LogP contribution in [0.1, 0.15) is 13.3 Å². The highest BCUT2D eigenvalue weighted by atomic mass is 35.5. The molecule has 0 saturated carbocycles. The number of nitrogens with zero attached hydrogens (tertiary/aromatic N) is 1. The Balaban J connectivity index is 1.90. The Kier molecular flexibility index (Phi) is 3.91. The fourth-order valence-electron chi connectivity index (χ4n) is 1.77. The van der Waals surface area contributed by atoms with Crippen LogP contribution >= 0.6 is 11.6 Å². The summed E-state index contributed by atoms with van der Waals surface area (Å²) in [6.07, 6.45) is 0.541. The van der Waals surface area contributed by atoms with Crippen LogP contribution in [-0.2, 0) is 4.74 Å². The Bertz CT molecular complexity index is 467. The van der Waals surface area contributed by atoms with Gasteiger partial charge in [-0.3, -0.25) is 0 Å². The average molecular weight is 273 g/mol. The molecule has 0 radical (unpaired) electrons. The minimum atomic E-state index is -0.493. The lowest BCUT2D eigenvalue weighted by Crippen LogP contribution is -2.20. The van der Waals surface area contributed by atoms with Crippen molar-refractivity contribution in [3.63, 3.8) is 0 Å². The zero-order valence-electron chi connectivity index (χ0n) is 9.90. The van der Waals surface area contributed by atoms with Gasteiger partial charge >= 0.3 is 0 Å². The van der Waals surface area contributed by atoms with Crippen molar-refractivity contribution in [2.24, 2.45) is 10.7 Å². The molecule has 4 nitrogen and oxygen atoms in total. The van der Waals surface area contributed by atoms with Gasteiger partial charge in [0.05, 0.1) is 17.2 Å². The molecule has 2 rings (SSSR count). The molecule has 2 atom stereocenters. The first-order chi connectivity index (χ1) is 8.54. The molecule has 2 N–H and O–H groups in total. The Labute approximate surface area is 110 Å². The summed E-state index contributed by atoms with van der Waals surface area (Å²) < 4.78 is 23.8. The van der Waals surface area contributed by atoms with Crippen molar-refractivity contribution in [1.29, 1.82) is 0 Å². The number of hydrogen-bond donors (Lipinski definition) is 1. The van der Waals surface area contributed by atoms with Gasteiger partial charge in [-0.15, -0.1) is 0 Å². The molecule has 98 valence electrons. The van der Waals surface area contributed by atoms with Gasteiger partial charge in [-0.2, -0.15) is 0 Å². The lowest BCUT2D eigenvalue weighted by Gasteiger charge is -2.16. The quantitative estimate of drug-likeness (QED) is 0.915. The van der Waals surface area contributed by atoms with E-state index in [9.17, 15) is 4.39 Å². The van der Waals surface area contributed by atoms with E-state index >= 15 is 0 Å². The first kappa shape index (κ1) is 13.0. The molecule has 18 heavy (non-hydrogen) atoms. The maximum atomic E-state index is 13.2. The van der Waals surface area contributed by atoms with Crippen LogP contribution in [0.3, 0.4) is 0 Å². The molecule has 6 heteroatoms. The molecule has 0 aromatic heterocycles. The third kappa shape index (κ3) is 3.26. The number of amidine groups is 1. The van der Waals surface area contributed by atoms with Gasteiger partial charge in [0.25, 0.3) is 6.02 Å². The summed E-state index contributed by atoms with van der Waals surface area (Å²) in [5.74, 6) is -0.0481. The number of aliphatic imine (C=N–C) groups is 1. The van der Waals surface area contributed by atoms with Gasteiger partial charge in [0.15, 0.2) is 0 Å². The Hall–Kier alpha value is -1.49. The largest absolute Gasteiger partial charge is 0.491 e. The van der Waals surface area contributed by atoms with E-state index in [0.29, 0.717) is 18.8 Å². The summed E-state index contributed by atoms with van der Waals surface area (Å²) in [6.45, 7) is 2.35. The van der Waals surface area contributed by atoms with Gasteiger partial charge in [-0.1, -0.05) is 11.6 Å². The standard InChI is InChI=1S/C12H14ClFN2O2/c1-7(4-8-6-17-12(15)16-8)18-9-2-3-10(13)11(14)5-9/h2-3,5,7-8H,4,6H2,1H3,(H2,15,16). The zero-order valence-corrected chi connectivity index (χ0v) is 10.7. The highest BCUT2D eigenvalue weighted by Gasteiger charge is 2.20. The van der Waals surface area contributed by atoms with E-state index in [-0.39, 0.29) is 23.2 Å². The summed E-state index contributed by atoms with van der Waals surface area (Å²) in [5.41, 5.74) is 5.41. The molecular weight excluding hydrogens is 259 g/mol. The second kappa shape index (κ2) is 5.44. The SMILES string of the molecule is CC(CC1COC(N)=N1)Oc1ccc(Cl)c(F)c1. The highest BCUT2D eigenvalue weighted by Crippen LogP contribution is 2.22. The van der Waals surface area contributed by atoms with E-state index in [2.05, 4.69) is 4.99 Å². The monoisotopic (exact) mass is 272 g/mol. The maximum Gasteiger partial charge on any atom is 0.282 e. The van der Waals surface area contributed by atoms with Crippen LogP contribution in [0.4, 0.5) is 4.39 Å². The van der Waals surface area contributed by atoms with Gasteiger partial charge < -0.3 is 15.2 Å². The van der Waals surface area contributed by atoms with E-state index in [4.69, 9.17) is 26.8 Å². The molecule has 1 aliphatic heterocycles. The van der Waals surface area contributed by atoms with Crippen LogP contribution in [0, 0.1) is 5.82 Å². The van der Waals surface area contributed by atoms with Crippen molar-refractivity contribution < 1.29 is 13.9 Å². The van der Waals surface area contributed by atoms with Gasteiger partial charge in [0.1, 0.15) is 18.2 Å². The van der Waals surface area contributed by atoms with Crippen molar-refractivity contribution in [1.82, 2.24) is 0 Å². The molecule has 0 aliphatic carbocycles. The number of rotatable bonds is 4. The molecular formula is C12H14ClFN2O2. The summed E-state index contributed by atoms with van der Waals surface area (Å²) >= 11 is 5.59. The van der Waals surface area contributed by atoms with E-state index < -0.39 is 5.82 Å². The van der Waals surface area contributed by atoms with Crippen LogP contribution < -0.4 is 10.5 Å². The molecule has 0 fully saturated rings. The smallest absolute Gasteiger partial charge is 0.282 e. The Morgan fingerprint density at radius 1 is 1.67 bits per heavy atom. The third-order valence-corrected chi connectivity index (χ3v) is 2.87. The molecule has 1 heterocycles. The summed E-state index contributed by atoms with van der Waals surface area (Å²) in [5, 5.41) is 0.0802. The first-order valence-corrected chi connectivity index (χ1v) is 6.00. The van der Waals surface area contributed by atoms with Gasteiger partial charge in [0, 0.05) is 12.5 Å². The summed E-state index contributed by atoms with van der Waals surface area (Å²) in [7, 11) is 0. The number of hydrogen-bond acceptors (Lipinski definition) is 4. The molecule has 0 spiro atoms. The third-order valence-electron chi connectivity index (χ3n) is 2.57. The molecule has 0 amide bonds. The second-order valence-electron chi connectivity index (χ2n) is 4.17. The van der Waals surface area contributed by atoms with Crippen LogP contribution in [0.2, 0.25) is 5.02 Å². The normalized spacial score (nSPS) is 20.2. The molecule has 0 bridgehead atoms. The lowest BCUT2D eigenvalue weighted by molar-refractivity contribution is 0.189. The number of halogens is 2. The van der Waals surface area contributed by atoms with Crippen molar-refractivity contribution in [3.05, 3.63) is 29.0 Å². The molecule has 1 aliphatic rings. The van der Waals surface area contributed by atoms with Crippen molar-refractivity contribution in [2.75, 3.05) is 6.61 Å². The first-order valence-electron chi connectivity index (χ1n) is 5.62. The van der Waals surface area contributed by atoms with Gasteiger partial charge in [-0.05, 0) is 19.1 Å². The molecule has 0 saturated heterocycles. The van der Waals surface area contributed by atoms with Gasteiger partial charge in [-0.25, -0.2) is 9.38 Å². The van der Waals surface area contributed by atoms with Gasteiger partial charge in [0.2, 0.25) is 0 Å². The highest BCUT2D eigenvalue weighted by molar-refractivity contribution is 6.30. The fraction of sp³-hybridized carbons (Fsp3) is 0.417. The number of nitrogens with two attached hydrogens (primary N) is 1. The molecule has 1 aromatic carbocycles. The van der Waals surface area contributed by atoms with Crippen molar-refractivity contribution >= 4 is 17.6 Å². The molecule has 2 unspecified atom stereocenters. The number of ether oxygens (including phenoxy) is 2. The lowest BCUT2D eigenvalue weighted by atomic mass is 10.1.